The maximum atomic E-state index is 12.9. The Balaban J connectivity index is 1.58. The number of hydrogen-bond donors (Lipinski definition) is 1. The Labute approximate surface area is 129 Å². The fourth-order valence-corrected chi connectivity index (χ4v) is 4.51. The lowest BCUT2D eigenvalue weighted by atomic mass is 9.90. The quantitative estimate of drug-likeness (QED) is 0.911. The first-order chi connectivity index (χ1) is 10.5. The van der Waals surface area contributed by atoms with Gasteiger partial charge in [0, 0.05) is 6.04 Å². The summed E-state index contributed by atoms with van der Waals surface area (Å²) in [5, 5.41) is 0. The summed E-state index contributed by atoms with van der Waals surface area (Å²) < 4.78 is 51.4. The smallest absolute Gasteiger partial charge is 0.216 e. The van der Waals surface area contributed by atoms with Crippen LogP contribution in [-0.2, 0) is 25.2 Å². The maximum Gasteiger partial charge on any atom is 0.216 e. The van der Waals surface area contributed by atoms with Gasteiger partial charge < -0.3 is 9.47 Å². The first-order valence-electron chi connectivity index (χ1n) is 7.49. The van der Waals surface area contributed by atoms with Gasteiger partial charge in [0.15, 0.2) is 0 Å². The van der Waals surface area contributed by atoms with E-state index in [-0.39, 0.29) is 29.8 Å². The molecule has 122 valence electrons. The van der Waals surface area contributed by atoms with Crippen molar-refractivity contribution in [1.29, 1.82) is 0 Å². The van der Waals surface area contributed by atoms with E-state index in [1.54, 1.807) is 0 Å². The lowest BCUT2D eigenvalue weighted by molar-refractivity contribution is -0.156. The molecule has 1 N–H and O–H groups in total. The van der Waals surface area contributed by atoms with Crippen molar-refractivity contribution < 1.29 is 22.3 Å². The van der Waals surface area contributed by atoms with Gasteiger partial charge in [0.2, 0.25) is 10.0 Å². The van der Waals surface area contributed by atoms with Crippen LogP contribution in [0.2, 0.25) is 0 Å². The average molecular weight is 329 g/mol. The van der Waals surface area contributed by atoms with Crippen LogP contribution >= 0.6 is 0 Å². The standard InChI is InChI=1S/C15H20FNO4S/c16-12-3-1-11(2-4-12)10-22(18,19)17-13-5-6-14-15(9-13)21-8-7-20-14/h1-4,13-15,17H,5-10H2. The first kappa shape index (κ1) is 15.9. The second-order valence-electron chi connectivity index (χ2n) is 5.83. The molecule has 3 unspecified atom stereocenters. The zero-order chi connectivity index (χ0) is 15.6. The molecule has 1 saturated heterocycles. The van der Waals surface area contributed by atoms with Crippen molar-refractivity contribution >= 4 is 10.0 Å². The Morgan fingerprint density at radius 1 is 1.09 bits per heavy atom. The number of sulfonamides is 1. The minimum atomic E-state index is -3.45. The summed E-state index contributed by atoms with van der Waals surface area (Å²) in [6.07, 6.45) is 2.24. The van der Waals surface area contributed by atoms with Crippen LogP contribution in [0.3, 0.4) is 0 Å². The van der Waals surface area contributed by atoms with Crippen molar-refractivity contribution in [2.24, 2.45) is 0 Å². The topological polar surface area (TPSA) is 64.6 Å². The van der Waals surface area contributed by atoms with Gasteiger partial charge in [-0.15, -0.1) is 0 Å². The summed E-state index contributed by atoms with van der Waals surface area (Å²) in [5.74, 6) is -0.517. The molecule has 1 aliphatic carbocycles. The van der Waals surface area contributed by atoms with E-state index in [0.717, 1.165) is 12.8 Å². The van der Waals surface area contributed by atoms with Gasteiger partial charge in [0.1, 0.15) is 5.82 Å². The third kappa shape index (κ3) is 4.04. The zero-order valence-electron chi connectivity index (χ0n) is 12.2. The number of fused-ring (bicyclic) bond motifs is 1. The molecule has 1 saturated carbocycles. The molecule has 1 aromatic carbocycles. The molecule has 1 aliphatic heterocycles. The van der Waals surface area contributed by atoms with Gasteiger partial charge in [0.25, 0.3) is 0 Å². The van der Waals surface area contributed by atoms with Gasteiger partial charge in [-0.25, -0.2) is 17.5 Å². The number of nitrogens with one attached hydrogen (secondary N) is 1. The fraction of sp³-hybridized carbons (Fsp3) is 0.600. The second-order valence-corrected chi connectivity index (χ2v) is 7.59. The van der Waals surface area contributed by atoms with Crippen LogP contribution in [0.1, 0.15) is 24.8 Å². The highest BCUT2D eigenvalue weighted by Crippen LogP contribution is 2.27. The number of benzene rings is 1. The Morgan fingerprint density at radius 3 is 2.50 bits per heavy atom. The van der Waals surface area contributed by atoms with Crippen molar-refractivity contribution in [2.45, 2.75) is 43.3 Å². The van der Waals surface area contributed by atoms with Gasteiger partial charge in [-0.3, -0.25) is 0 Å². The Bertz CT molecular complexity index is 604. The molecule has 22 heavy (non-hydrogen) atoms. The van der Waals surface area contributed by atoms with Crippen LogP contribution in [0.15, 0.2) is 24.3 Å². The molecule has 5 nitrogen and oxygen atoms in total. The molecular formula is C15H20FNO4S. The van der Waals surface area contributed by atoms with E-state index in [1.165, 1.54) is 24.3 Å². The van der Waals surface area contributed by atoms with E-state index in [4.69, 9.17) is 9.47 Å². The predicted octanol–water partition coefficient (Wildman–Crippen LogP) is 1.58. The molecule has 0 amide bonds. The van der Waals surface area contributed by atoms with Gasteiger partial charge in [-0.2, -0.15) is 0 Å². The van der Waals surface area contributed by atoms with E-state index in [2.05, 4.69) is 4.72 Å². The average Bonchev–Trinajstić information content (AvgIpc) is 2.49. The summed E-state index contributed by atoms with van der Waals surface area (Å²) in [6.45, 7) is 1.18. The number of halogens is 1. The third-order valence-corrected chi connectivity index (χ3v) is 5.50. The highest BCUT2D eigenvalue weighted by atomic mass is 32.2. The maximum absolute atomic E-state index is 12.9. The minimum absolute atomic E-state index is 0.0268. The van der Waals surface area contributed by atoms with Gasteiger partial charge in [-0.1, -0.05) is 12.1 Å². The largest absolute Gasteiger partial charge is 0.373 e. The summed E-state index contributed by atoms with van der Waals surface area (Å²) in [4.78, 5) is 0. The van der Waals surface area contributed by atoms with Crippen LogP contribution in [0.5, 0.6) is 0 Å². The summed E-state index contributed by atoms with van der Waals surface area (Å²) in [5.41, 5.74) is 0.569. The van der Waals surface area contributed by atoms with Crippen LogP contribution in [0.4, 0.5) is 4.39 Å². The molecule has 1 aromatic rings. The van der Waals surface area contributed by atoms with E-state index in [1.807, 2.05) is 0 Å². The van der Waals surface area contributed by atoms with Crippen LogP contribution in [-0.4, -0.2) is 39.9 Å². The predicted molar refractivity (Wildman–Crippen MR) is 79.3 cm³/mol. The highest BCUT2D eigenvalue weighted by Gasteiger charge is 2.35. The van der Waals surface area contributed by atoms with Crippen LogP contribution in [0, 0.1) is 5.82 Å². The summed E-state index contributed by atoms with van der Waals surface area (Å²) in [7, 11) is -3.45. The molecule has 7 heteroatoms. The monoisotopic (exact) mass is 329 g/mol. The summed E-state index contributed by atoms with van der Waals surface area (Å²) >= 11 is 0. The van der Waals surface area contributed by atoms with E-state index in [0.29, 0.717) is 25.2 Å². The van der Waals surface area contributed by atoms with Gasteiger partial charge >= 0.3 is 0 Å². The van der Waals surface area contributed by atoms with Crippen LogP contribution in [0.25, 0.3) is 0 Å². The lowest BCUT2D eigenvalue weighted by Gasteiger charge is -2.38. The van der Waals surface area contributed by atoms with Crippen LogP contribution < -0.4 is 4.72 Å². The normalized spacial score (nSPS) is 29.0. The zero-order valence-corrected chi connectivity index (χ0v) is 13.0. The van der Waals surface area contributed by atoms with Crippen molar-refractivity contribution in [3.8, 4) is 0 Å². The second kappa shape index (κ2) is 6.62. The molecule has 0 bridgehead atoms. The van der Waals surface area contributed by atoms with E-state index in [9.17, 15) is 12.8 Å². The number of rotatable bonds is 4. The van der Waals surface area contributed by atoms with E-state index >= 15 is 0 Å². The molecular weight excluding hydrogens is 309 g/mol. The molecule has 3 rings (SSSR count). The molecule has 0 spiro atoms. The molecule has 2 aliphatic rings. The minimum Gasteiger partial charge on any atom is -0.373 e. The summed E-state index contributed by atoms with van der Waals surface area (Å²) in [6, 6.07) is 5.38. The highest BCUT2D eigenvalue weighted by molar-refractivity contribution is 7.88. The molecule has 0 aromatic heterocycles. The molecule has 0 radical (unpaired) electrons. The van der Waals surface area contributed by atoms with Crippen molar-refractivity contribution in [2.75, 3.05) is 13.2 Å². The van der Waals surface area contributed by atoms with Crippen molar-refractivity contribution in [1.82, 2.24) is 4.72 Å². The Hall–Kier alpha value is -1.02. The van der Waals surface area contributed by atoms with Gasteiger partial charge in [0.05, 0.1) is 31.2 Å². The first-order valence-corrected chi connectivity index (χ1v) is 9.15. The fourth-order valence-electron chi connectivity index (χ4n) is 3.07. The molecule has 2 fully saturated rings. The molecule has 1 heterocycles. The Kier molecular flexibility index (Phi) is 4.77. The molecule has 3 atom stereocenters. The number of ether oxygens (including phenoxy) is 2. The van der Waals surface area contributed by atoms with Crippen molar-refractivity contribution in [3.63, 3.8) is 0 Å². The Morgan fingerprint density at radius 2 is 1.77 bits per heavy atom. The van der Waals surface area contributed by atoms with E-state index < -0.39 is 10.0 Å². The SMILES string of the molecule is O=S(=O)(Cc1ccc(F)cc1)NC1CCC2OCCOC2C1. The van der Waals surface area contributed by atoms with Gasteiger partial charge in [-0.05, 0) is 37.0 Å². The lowest BCUT2D eigenvalue weighted by Crippen LogP contribution is -2.49. The third-order valence-electron chi connectivity index (χ3n) is 4.09. The number of hydrogen-bond acceptors (Lipinski definition) is 4. The van der Waals surface area contributed by atoms with Crippen molar-refractivity contribution in [3.05, 3.63) is 35.6 Å².